The van der Waals surface area contributed by atoms with E-state index < -0.39 is 0 Å². The fraction of sp³-hybridized carbons (Fsp3) is 0.538. The first-order chi connectivity index (χ1) is 7.70. The number of hydrogen-bond donors (Lipinski definition) is 1. The maximum Gasteiger partial charge on any atom is 0.0434 e. The monoisotopic (exact) mass is 283 g/mol. The lowest BCUT2D eigenvalue weighted by atomic mass is 10.1. The molecule has 1 unspecified atom stereocenters. The fourth-order valence-electron chi connectivity index (χ4n) is 2.26. The van der Waals surface area contributed by atoms with E-state index in [1.807, 2.05) is 0 Å². The van der Waals surface area contributed by atoms with E-state index >= 15 is 0 Å². The Morgan fingerprint density at radius 3 is 3.00 bits per heavy atom. The second-order valence-electron chi connectivity index (χ2n) is 4.55. The zero-order valence-corrected chi connectivity index (χ0v) is 11.2. The average Bonchev–Trinajstić information content (AvgIpc) is 2.71. The van der Waals surface area contributed by atoms with Gasteiger partial charge in [0.25, 0.3) is 0 Å². The molecule has 1 fully saturated rings. The standard InChI is InChI=1S/C13H18BrNO/c1-10-2-3-12(8-13(10)14)15-6-4-11(9-15)5-7-16/h2-3,8,11,16H,4-7,9H2,1H3. The summed E-state index contributed by atoms with van der Waals surface area (Å²) >= 11 is 3.57. The molecular formula is C13H18BrNO. The molecule has 0 aromatic heterocycles. The van der Waals surface area contributed by atoms with Crippen molar-refractivity contribution in [2.24, 2.45) is 5.92 Å². The number of nitrogens with zero attached hydrogens (tertiary/aromatic N) is 1. The Morgan fingerprint density at radius 1 is 1.50 bits per heavy atom. The summed E-state index contributed by atoms with van der Waals surface area (Å²) < 4.78 is 1.18. The largest absolute Gasteiger partial charge is 0.396 e. The van der Waals surface area contributed by atoms with E-state index in [0.29, 0.717) is 12.5 Å². The van der Waals surface area contributed by atoms with Crippen molar-refractivity contribution in [1.29, 1.82) is 0 Å². The average molecular weight is 284 g/mol. The first-order valence-electron chi connectivity index (χ1n) is 5.82. The van der Waals surface area contributed by atoms with Crippen LogP contribution in [0.3, 0.4) is 0 Å². The van der Waals surface area contributed by atoms with E-state index in [2.05, 4.69) is 46.0 Å². The van der Waals surface area contributed by atoms with Crippen molar-refractivity contribution >= 4 is 21.6 Å². The molecule has 0 spiro atoms. The van der Waals surface area contributed by atoms with Crippen molar-refractivity contribution < 1.29 is 5.11 Å². The van der Waals surface area contributed by atoms with Crippen LogP contribution >= 0.6 is 15.9 Å². The molecule has 1 aliphatic rings. The molecular weight excluding hydrogens is 266 g/mol. The highest BCUT2D eigenvalue weighted by Crippen LogP contribution is 2.28. The lowest BCUT2D eigenvalue weighted by Gasteiger charge is -2.19. The van der Waals surface area contributed by atoms with Crippen LogP contribution in [0.2, 0.25) is 0 Å². The maximum absolute atomic E-state index is 8.94. The zero-order chi connectivity index (χ0) is 11.5. The fourth-order valence-corrected chi connectivity index (χ4v) is 2.63. The minimum absolute atomic E-state index is 0.316. The van der Waals surface area contributed by atoms with Crippen molar-refractivity contribution in [3.8, 4) is 0 Å². The van der Waals surface area contributed by atoms with E-state index in [1.54, 1.807) is 0 Å². The minimum atomic E-state index is 0.316. The first kappa shape index (κ1) is 11.9. The van der Waals surface area contributed by atoms with Crippen molar-refractivity contribution in [2.45, 2.75) is 19.8 Å². The molecule has 1 atom stereocenters. The molecule has 0 bridgehead atoms. The Hall–Kier alpha value is -0.540. The topological polar surface area (TPSA) is 23.5 Å². The van der Waals surface area contributed by atoms with Gasteiger partial charge in [0.05, 0.1) is 0 Å². The van der Waals surface area contributed by atoms with Gasteiger partial charge >= 0.3 is 0 Å². The van der Waals surface area contributed by atoms with Gasteiger partial charge in [0.1, 0.15) is 0 Å². The van der Waals surface area contributed by atoms with E-state index in [-0.39, 0.29) is 0 Å². The van der Waals surface area contributed by atoms with E-state index in [9.17, 15) is 0 Å². The van der Waals surface area contributed by atoms with Crippen LogP contribution in [0.4, 0.5) is 5.69 Å². The third-order valence-electron chi connectivity index (χ3n) is 3.34. The highest BCUT2D eigenvalue weighted by atomic mass is 79.9. The Labute approximate surface area is 105 Å². The Bertz CT molecular complexity index is 367. The molecule has 1 saturated heterocycles. The van der Waals surface area contributed by atoms with Gasteiger partial charge in [-0.15, -0.1) is 0 Å². The summed E-state index contributed by atoms with van der Waals surface area (Å²) in [4.78, 5) is 2.41. The predicted molar refractivity (Wildman–Crippen MR) is 70.9 cm³/mol. The van der Waals surface area contributed by atoms with Gasteiger partial charge in [-0.2, -0.15) is 0 Å². The number of halogens is 1. The van der Waals surface area contributed by atoms with Crippen molar-refractivity contribution in [2.75, 3.05) is 24.6 Å². The predicted octanol–water partition coefficient (Wildman–Crippen LogP) is 2.97. The van der Waals surface area contributed by atoms with Crippen molar-refractivity contribution in [3.05, 3.63) is 28.2 Å². The molecule has 1 heterocycles. The van der Waals surface area contributed by atoms with E-state index in [4.69, 9.17) is 5.11 Å². The third-order valence-corrected chi connectivity index (χ3v) is 4.20. The summed E-state index contributed by atoms with van der Waals surface area (Å²) in [6.45, 7) is 4.61. The first-order valence-corrected chi connectivity index (χ1v) is 6.62. The molecule has 1 N–H and O–H groups in total. The number of rotatable bonds is 3. The molecule has 88 valence electrons. The van der Waals surface area contributed by atoms with Crippen LogP contribution < -0.4 is 4.90 Å². The van der Waals surface area contributed by atoms with Gasteiger partial charge < -0.3 is 10.0 Å². The molecule has 2 rings (SSSR count). The molecule has 1 aromatic carbocycles. The molecule has 2 nitrogen and oxygen atoms in total. The van der Waals surface area contributed by atoms with Gasteiger partial charge in [0.15, 0.2) is 0 Å². The minimum Gasteiger partial charge on any atom is -0.396 e. The summed E-state index contributed by atoms with van der Waals surface area (Å²) in [5, 5.41) is 8.94. The molecule has 0 amide bonds. The van der Waals surface area contributed by atoms with Gasteiger partial charge in [0.2, 0.25) is 0 Å². The lowest BCUT2D eigenvalue weighted by molar-refractivity contribution is 0.263. The highest BCUT2D eigenvalue weighted by Gasteiger charge is 2.22. The number of anilines is 1. The van der Waals surface area contributed by atoms with Gasteiger partial charge in [0, 0.05) is 29.9 Å². The quantitative estimate of drug-likeness (QED) is 0.922. The Morgan fingerprint density at radius 2 is 2.31 bits per heavy atom. The summed E-state index contributed by atoms with van der Waals surface area (Å²) in [5.74, 6) is 0.657. The van der Waals surface area contributed by atoms with Crippen molar-refractivity contribution in [1.82, 2.24) is 0 Å². The number of aliphatic hydroxyl groups excluding tert-OH is 1. The van der Waals surface area contributed by atoms with Crippen LogP contribution in [-0.2, 0) is 0 Å². The Kier molecular flexibility index (Phi) is 3.87. The molecule has 1 aliphatic heterocycles. The summed E-state index contributed by atoms with van der Waals surface area (Å²) in [6.07, 6.45) is 2.13. The maximum atomic E-state index is 8.94. The van der Waals surface area contributed by atoms with Crippen LogP contribution in [0.15, 0.2) is 22.7 Å². The molecule has 0 radical (unpaired) electrons. The Balaban J connectivity index is 2.05. The molecule has 0 saturated carbocycles. The van der Waals surface area contributed by atoms with E-state index in [0.717, 1.165) is 19.5 Å². The number of aryl methyl sites for hydroxylation is 1. The molecule has 16 heavy (non-hydrogen) atoms. The van der Waals surface area contributed by atoms with Gasteiger partial charge in [-0.25, -0.2) is 0 Å². The van der Waals surface area contributed by atoms with Crippen LogP contribution in [0, 0.1) is 12.8 Å². The van der Waals surface area contributed by atoms with Gasteiger partial charge in [-0.3, -0.25) is 0 Å². The van der Waals surface area contributed by atoms with E-state index in [1.165, 1.54) is 22.1 Å². The normalized spacial score (nSPS) is 20.4. The lowest BCUT2D eigenvalue weighted by Crippen LogP contribution is -2.19. The van der Waals surface area contributed by atoms with Crippen LogP contribution in [-0.4, -0.2) is 24.8 Å². The van der Waals surface area contributed by atoms with Gasteiger partial charge in [-0.05, 0) is 43.4 Å². The van der Waals surface area contributed by atoms with Crippen LogP contribution in [0.5, 0.6) is 0 Å². The number of hydrogen-bond acceptors (Lipinski definition) is 2. The molecule has 1 aromatic rings. The second-order valence-corrected chi connectivity index (χ2v) is 5.40. The third kappa shape index (κ3) is 2.58. The number of aliphatic hydroxyl groups is 1. The summed E-state index contributed by atoms with van der Waals surface area (Å²) in [6, 6.07) is 6.52. The number of benzene rings is 1. The van der Waals surface area contributed by atoms with Crippen LogP contribution in [0.1, 0.15) is 18.4 Å². The molecule has 0 aliphatic carbocycles. The highest BCUT2D eigenvalue weighted by molar-refractivity contribution is 9.10. The summed E-state index contributed by atoms with van der Waals surface area (Å²) in [7, 11) is 0. The smallest absolute Gasteiger partial charge is 0.0434 e. The molecule has 3 heteroatoms. The van der Waals surface area contributed by atoms with Crippen molar-refractivity contribution in [3.63, 3.8) is 0 Å². The van der Waals surface area contributed by atoms with Crippen LogP contribution in [0.25, 0.3) is 0 Å². The zero-order valence-electron chi connectivity index (χ0n) is 9.62. The summed E-state index contributed by atoms with van der Waals surface area (Å²) in [5.41, 5.74) is 2.56. The SMILES string of the molecule is Cc1ccc(N2CCC(CCO)C2)cc1Br. The van der Waals surface area contributed by atoms with Gasteiger partial charge in [-0.1, -0.05) is 22.0 Å². The second kappa shape index (κ2) is 5.19.